The van der Waals surface area contributed by atoms with Crippen LogP contribution in [0.4, 0.5) is 0 Å². The normalized spacial score (nSPS) is 17.1. The van der Waals surface area contributed by atoms with Gasteiger partial charge in [-0.15, -0.1) is 0 Å². The van der Waals surface area contributed by atoms with Gasteiger partial charge in [0, 0.05) is 42.9 Å². The average molecular weight is 438 g/mol. The van der Waals surface area contributed by atoms with Gasteiger partial charge in [-0.3, -0.25) is 9.69 Å². The second-order valence-electron chi connectivity index (χ2n) is 8.13. The minimum absolute atomic E-state index is 0.121. The maximum absolute atomic E-state index is 13.3. The van der Waals surface area contributed by atoms with Crippen LogP contribution in [-0.2, 0) is 23.4 Å². The molecule has 2 saturated carbocycles. The Bertz CT molecular complexity index is 1100. The number of aromatic hydroxyl groups is 1. The summed E-state index contributed by atoms with van der Waals surface area (Å²) in [6, 6.07) is 3.28. The predicted molar refractivity (Wildman–Crippen MR) is 109 cm³/mol. The summed E-state index contributed by atoms with van der Waals surface area (Å²) in [4.78, 5) is 15.5. The summed E-state index contributed by atoms with van der Waals surface area (Å²) in [5, 5.41) is 14.9. The van der Waals surface area contributed by atoms with Crippen LogP contribution >= 0.6 is 11.6 Å². The van der Waals surface area contributed by atoms with Crippen LogP contribution < -0.4 is 0 Å². The highest BCUT2D eigenvalue weighted by Crippen LogP contribution is 2.44. The maximum Gasteiger partial charge on any atom is 0.220 e. The van der Waals surface area contributed by atoms with Gasteiger partial charge in [0.15, 0.2) is 9.84 Å². The topological polar surface area (TPSA) is 92.5 Å². The fourth-order valence-corrected chi connectivity index (χ4v) is 4.99. The molecular weight excluding hydrogens is 414 g/mol. The fraction of sp³-hybridized carbons (Fsp3) is 0.500. The molecule has 0 bridgehead atoms. The number of aryl methyl sites for hydroxylation is 1. The first-order chi connectivity index (χ1) is 13.6. The number of ketones is 1. The van der Waals surface area contributed by atoms with Crippen molar-refractivity contribution in [2.75, 3.05) is 13.3 Å². The molecule has 0 radical (unpaired) electrons. The van der Waals surface area contributed by atoms with Crippen LogP contribution in [0.1, 0.15) is 58.8 Å². The maximum atomic E-state index is 13.3. The molecule has 7 nitrogen and oxygen atoms in total. The van der Waals surface area contributed by atoms with Crippen molar-refractivity contribution in [1.82, 2.24) is 14.7 Å². The van der Waals surface area contributed by atoms with E-state index in [2.05, 4.69) is 10.00 Å². The molecule has 9 heteroatoms. The second kappa shape index (κ2) is 7.11. The largest absolute Gasteiger partial charge is 0.493 e. The Morgan fingerprint density at radius 1 is 1.31 bits per heavy atom. The molecule has 0 spiro atoms. The smallest absolute Gasteiger partial charge is 0.220 e. The molecule has 0 amide bonds. The lowest BCUT2D eigenvalue weighted by Crippen LogP contribution is -2.22. The number of carbonyl (C=O) groups is 1. The van der Waals surface area contributed by atoms with Gasteiger partial charge in [0.25, 0.3) is 0 Å². The average Bonchev–Trinajstić information content (AvgIpc) is 3.54. The summed E-state index contributed by atoms with van der Waals surface area (Å²) < 4.78 is 25.9. The van der Waals surface area contributed by atoms with Crippen LogP contribution in [0.3, 0.4) is 0 Å². The van der Waals surface area contributed by atoms with Crippen molar-refractivity contribution < 1.29 is 18.3 Å². The molecule has 1 heterocycles. The molecule has 2 aliphatic rings. The molecule has 2 fully saturated rings. The fourth-order valence-electron chi connectivity index (χ4n) is 3.70. The molecule has 0 saturated heterocycles. The third-order valence-electron chi connectivity index (χ3n) is 5.66. The molecule has 1 aromatic carbocycles. The number of halogens is 1. The van der Waals surface area contributed by atoms with E-state index in [0.29, 0.717) is 23.8 Å². The molecular formula is C20H24ClN3O4S. The van der Waals surface area contributed by atoms with Gasteiger partial charge in [0.05, 0.1) is 15.6 Å². The molecule has 156 valence electrons. The molecule has 1 aromatic heterocycles. The van der Waals surface area contributed by atoms with Crippen LogP contribution in [0.15, 0.2) is 17.0 Å². The Labute approximate surface area is 175 Å². The van der Waals surface area contributed by atoms with E-state index in [1.54, 1.807) is 7.05 Å². The van der Waals surface area contributed by atoms with Crippen molar-refractivity contribution in [3.05, 3.63) is 39.5 Å². The Kier molecular flexibility index (Phi) is 4.99. The second-order valence-corrected chi connectivity index (χ2v) is 10.5. The number of hydrogen-bond acceptors (Lipinski definition) is 6. The standard InChI is InChI=1S/C20H24ClN3O4S/c1-23(12-6-7-12)10-14-15(29(3,27)28)9-8-13(17(14)21)19(25)16-18(11-4-5-11)22-24(2)20(16)26/h8-9,11-12,26H,4-7,10H2,1-3H3. The third kappa shape index (κ3) is 3.81. The van der Waals surface area contributed by atoms with Crippen molar-refractivity contribution in [1.29, 1.82) is 0 Å². The van der Waals surface area contributed by atoms with Gasteiger partial charge in [0.1, 0.15) is 5.56 Å². The molecule has 2 aromatic rings. The van der Waals surface area contributed by atoms with Crippen molar-refractivity contribution in [3.8, 4) is 5.88 Å². The lowest BCUT2D eigenvalue weighted by atomic mass is 9.99. The first kappa shape index (κ1) is 20.4. The summed E-state index contributed by atoms with van der Waals surface area (Å²) in [7, 11) is -0.00889. The number of rotatable bonds is 7. The summed E-state index contributed by atoms with van der Waals surface area (Å²) in [6.07, 6.45) is 5.12. The SMILES string of the molecule is CN(Cc1c(S(C)(=O)=O)ccc(C(=O)c2c(C3CC3)nn(C)c2O)c1Cl)C1CC1. The molecule has 0 aliphatic heterocycles. The third-order valence-corrected chi connectivity index (χ3v) is 7.27. The summed E-state index contributed by atoms with van der Waals surface area (Å²) >= 11 is 6.62. The van der Waals surface area contributed by atoms with E-state index in [4.69, 9.17) is 11.6 Å². The van der Waals surface area contributed by atoms with E-state index >= 15 is 0 Å². The van der Waals surface area contributed by atoms with E-state index in [0.717, 1.165) is 31.9 Å². The minimum Gasteiger partial charge on any atom is -0.493 e. The van der Waals surface area contributed by atoms with Crippen LogP contribution in [0.25, 0.3) is 0 Å². The molecule has 2 aliphatic carbocycles. The molecule has 4 rings (SSSR count). The van der Waals surface area contributed by atoms with Crippen molar-refractivity contribution >= 4 is 27.2 Å². The number of nitrogens with zero attached hydrogens (tertiary/aromatic N) is 3. The Hall–Kier alpha value is -1.90. The molecule has 29 heavy (non-hydrogen) atoms. The number of benzene rings is 1. The van der Waals surface area contributed by atoms with E-state index in [1.165, 1.54) is 16.8 Å². The van der Waals surface area contributed by atoms with Crippen LogP contribution in [0, 0.1) is 0 Å². The molecule has 0 atom stereocenters. The van der Waals surface area contributed by atoms with Gasteiger partial charge in [-0.1, -0.05) is 11.6 Å². The first-order valence-electron chi connectivity index (χ1n) is 9.61. The number of hydrogen-bond donors (Lipinski definition) is 1. The van der Waals surface area contributed by atoms with Gasteiger partial charge >= 0.3 is 0 Å². The summed E-state index contributed by atoms with van der Waals surface area (Å²) in [5.74, 6) is -0.467. The number of carbonyl (C=O) groups excluding carboxylic acids is 1. The Morgan fingerprint density at radius 3 is 2.52 bits per heavy atom. The van der Waals surface area contributed by atoms with Gasteiger partial charge < -0.3 is 5.11 Å². The van der Waals surface area contributed by atoms with Crippen molar-refractivity contribution in [2.45, 2.75) is 49.1 Å². The van der Waals surface area contributed by atoms with Gasteiger partial charge in [-0.05, 0) is 44.9 Å². The number of aromatic nitrogens is 2. The summed E-state index contributed by atoms with van der Waals surface area (Å²) in [6.45, 7) is 0.335. The van der Waals surface area contributed by atoms with E-state index < -0.39 is 15.6 Å². The van der Waals surface area contributed by atoms with Crippen LogP contribution in [0.5, 0.6) is 5.88 Å². The predicted octanol–water partition coefficient (Wildman–Crippen LogP) is 2.89. The Balaban J connectivity index is 1.81. The lowest BCUT2D eigenvalue weighted by molar-refractivity contribution is 0.103. The van der Waals surface area contributed by atoms with Crippen molar-refractivity contribution in [2.24, 2.45) is 7.05 Å². The van der Waals surface area contributed by atoms with E-state index in [1.807, 2.05) is 7.05 Å². The van der Waals surface area contributed by atoms with Gasteiger partial charge in [-0.2, -0.15) is 5.10 Å². The number of sulfone groups is 1. The highest BCUT2D eigenvalue weighted by atomic mass is 35.5. The zero-order valence-electron chi connectivity index (χ0n) is 16.6. The van der Waals surface area contributed by atoms with Crippen LogP contribution in [0.2, 0.25) is 5.02 Å². The minimum atomic E-state index is -3.52. The molecule has 0 unspecified atom stereocenters. The van der Waals surface area contributed by atoms with Crippen molar-refractivity contribution in [3.63, 3.8) is 0 Å². The van der Waals surface area contributed by atoms with Crippen LogP contribution in [-0.4, -0.2) is 53.3 Å². The lowest BCUT2D eigenvalue weighted by Gasteiger charge is -2.20. The van der Waals surface area contributed by atoms with E-state index in [9.17, 15) is 18.3 Å². The summed E-state index contributed by atoms with van der Waals surface area (Å²) in [5.41, 5.74) is 1.34. The quantitative estimate of drug-likeness (QED) is 0.669. The monoisotopic (exact) mass is 437 g/mol. The molecule has 1 N–H and O–H groups in total. The zero-order valence-corrected chi connectivity index (χ0v) is 18.2. The van der Waals surface area contributed by atoms with Gasteiger partial charge in [-0.25, -0.2) is 13.1 Å². The van der Waals surface area contributed by atoms with Gasteiger partial charge in [0.2, 0.25) is 11.7 Å². The highest BCUT2D eigenvalue weighted by Gasteiger charge is 2.36. The highest BCUT2D eigenvalue weighted by molar-refractivity contribution is 7.90. The first-order valence-corrected chi connectivity index (χ1v) is 11.9. The van der Waals surface area contributed by atoms with E-state index in [-0.39, 0.29) is 32.8 Å². The Morgan fingerprint density at radius 2 is 1.97 bits per heavy atom. The zero-order chi connectivity index (χ0) is 21.1.